The SMILES string of the molecule is CCCCCCCCCCc1nc2ccccc2c(Cl)c1CCCCCCCCCC. The Morgan fingerprint density at radius 2 is 1.10 bits per heavy atom. The predicted octanol–water partition coefficient (Wildman–Crippen LogP) is 10.3. The second-order valence-electron chi connectivity index (χ2n) is 9.32. The lowest BCUT2D eigenvalue weighted by Crippen LogP contribution is -2.02. The molecule has 0 amide bonds. The Bertz CT molecular complexity index is 724. The van der Waals surface area contributed by atoms with Gasteiger partial charge >= 0.3 is 0 Å². The lowest BCUT2D eigenvalue weighted by atomic mass is 9.98. The number of halogens is 1. The van der Waals surface area contributed by atoms with Crippen molar-refractivity contribution in [3.63, 3.8) is 0 Å². The average Bonchev–Trinajstić information content (AvgIpc) is 2.79. The molecule has 0 saturated carbocycles. The van der Waals surface area contributed by atoms with Gasteiger partial charge in [0.2, 0.25) is 0 Å². The number of fused-ring (bicyclic) bond motifs is 1. The van der Waals surface area contributed by atoms with Crippen LogP contribution in [-0.2, 0) is 12.8 Å². The van der Waals surface area contributed by atoms with E-state index >= 15 is 0 Å². The molecule has 0 atom stereocenters. The Morgan fingerprint density at radius 1 is 0.613 bits per heavy atom. The summed E-state index contributed by atoms with van der Waals surface area (Å²) in [6, 6.07) is 8.39. The minimum atomic E-state index is 0.961. The fourth-order valence-electron chi connectivity index (χ4n) is 4.58. The van der Waals surface area contributed by atoms with Crippen LogP contribution in [0.3, 0.4) is 0 Å². The van der Waals surface area contributed by atoms with Crippen LogP contribution in [0.1, 0.15) is 128 Å². The summed E-state index contributed by atoms with van der Waals surface area (Å²) in [7, 11) is 0. The van der Waals surface area contributed by atoms with Crippen LogP contribution < -0.4 is 0 Å². The van der Waals surface area contributed by atoms with Gasteiger partial charge in [-0.2, -0.15) is 0 Å². The number of aryl methyl sites for hydroxylation is 1. The molecule has 0 unspecified atom stereocenters. The monoisotopic (exact) mass is 443 g/mol. The molecule has 2 rings (SSSR count). The highest BCUT2D eigenvalue weighted by atomic mass is 35.5. The maximum Gasteiger partial charge on any atom is 0.0720 e. The fraction of sp³-hybridized carbons (Fsp3) is 0.690. The van der Waals surface area contributed by atoms with Crippen LogP contribution in [0, 0.1) is 0 Å². The Morgan fingerprint density at radius 3 is 1.68 bits per heavy atom. The first kappa shape index (κ1) is 26.2. The van der Waals surface area contributed by atoms with E-state index in [1.54, 1.807) is 0 Å². The van der Waals surface area contributed by atoms with E-state index in [2.05, 4.69) is 38.1 Å². The largest absolute Gasteiger partial charge is 0.252 e. The molecule has 0 bridgehead atoms. The molecule has 0 radical (unpaired) electrons. The maximum absolute atomic E-state index is 6.92. The van der Waals surface area contributed by atoms with Crippen molar-refractivity contribution in [3.05, 3.63) is 40.5 Å². The zero-order chi connectivity index (χ0) is 22.2. The van der Waals surface area contributed by atoms with E-state index in [0.29, 0.717) is 0 Å². The van der Waals surface area contributed by atoms with Gasteiger partial charge in [-0.15, -0.1) is 0 Å². The molecule has 174 valence electrons. The minimum Gasteiger partial charge on any atom is -0.252 e. The molecule has 0 spiro atoms. The van der Waals surface area contributed by atoms with E-state index in [0.717, 1.165) is 28.8 Å². The number of nitrogens with zero attached hydrogens (tertiary/aromatic N) is 1. The number of para-hydroxylation sites is 1. The number of hydrogen-bond donors (Lipinski definition) is 0. The molecule has 0 aliphatic rings. The molecular weight excluding hydrogens is 398 g/mol. The average molecular weight is 444 g/mol. The van der Waals surface area contributed by atoms with Gasteiger partial charge in [-0.25, -0.2) is 0 Å². The number of rotatable bonds is 18. The van der Waals surface area contributed by atoms with Crippen molar-refractivity contribution in [2.24, 2.45) is 0 Å². The van der Waals surface area contributed by atoms with Crippen LogP contribution in [-0.4, -0.2) is 4.98 Å². The third-order valence-electron chi connectivity index (χ3n) is 6.56. The molecule has 0 fully saturated rings. The Kier molecular flexibility index (Phi) is 14.0. The predicted molar refractivity (Wildman–Crippen MR) is 139 cm³/mol. The molecule has 2 heteroatoms. The van der Waals surface area contributed by atoms with Gasteiger partial charge in [-0.3, -0.25) is 4.98 Å². The summed E-state index contributed by atoms with van der Waals surface area (Å²) in [5, 5.41) is 2.08. The lowest BCUT2D eigenvalue weighted by molar-refractivity contribution is 0.569. The number of pyridine rings is 1. The van der Waals surface area contributed by atoms with Gasteiger partial charge in [0.15, 0.2) is 0 Å². The van der Waals surface area contributed by atoms with Crippen LogP contribution in [0.5, 0.6) is 0 Å². The van der Waals surface area contributed by atoms with E-state index in [4.69, 9.17) is 16.6 Å². The number of unbranched alkanes of at least 4 members (excludes halogenated alkanes) is 14. The van der Waals surface area contributed by atoms with E-state index in [1.807, 2.05) is 0 Å². The standard InChI is InChI=1S/C29H46ClN/c1-3-5-7-9-11-13-15-17-21-25-27(23-18-16-14-12-10-8-6-4-2)31-28-24-20-19-22-26(28)29(25)30/h19-20,22,24H,3-18,21,23H2,1-2H3. The second kappa shape index (κ2) is 16.5. The maximum atomic E-state index is 6.92. The highest BCUT2D eigenvalue weighted by Crippen LogP contribution is 2.30. The van der Waals surface area contributed by atoms with Crippen LogP contribution in [0.15, 0.2) is 24.3 Å². The number of benzene rings is 1. The Hall–Kier alpha value is -1.08. The molecule has 0 N–H and O–H groups in total. The summed E-state index contributed by atoms with van der Waals surface area (Å²) in [4.78, 5) is 5.06. The van der Waals surface area contributed by atoms with E-state index in [1.165, 1.54) is 114 Å². The van der Waals surface area contributed by atoms with Gasteiger partial charge < -0.3 is 0 Å². The minimum absolute atomic E-state index is 0.961. The summed E-state index contributed by atoms with van der Waals surface area (Å²) in [6.07, 6.45) is 23.8. The summed E-state index contributed by atoms with van der Waals surface area (Å²) in [5.41, 5.74) is 3.65. The molecule has 1 heterocycles. The topological polar surface area (TPSA) is 12.9 Å². The van der Waals surface area contributed by atoms with Crippen LogP contribution in [0.4, 0.5) is 0 Å². The summed E-state index contributed by atoms with van der Waals surface area (Å²) < 4.78 is 0. The van der Waals surface area contributed by atoms with Gasteiger partial charge in [-0.1, -0.05) is 134 Å². The Labute approximate surface area is 197 Å². The lowest BCUT2D eigenvalue weighted by Gasteiger charge is -2.14. The van der Waals surface area contributed by atoms with E-state index in [9.17, 15) is 0 Å². The van der Waals surface area contributed by atoms with Crippen molar-refractivity contribution < 1.29 is 0 Å². The van der Waals surface area contributed by atoms with Crippen molar-refractivity contribution in [1.29, 1.82) is 0 Å². The van der Waals surface area contributed by atoms with Gasteiger partial charge in [0.25, 0.3) is 0 Å². The number of aromatic nitrogens is 1. The first-order valence-corrected chi connectivity index (χ1v) is 13.7. The summed E-state index contributed by atoms with van der Waals surface area (Å²) in [5.74, 6) is 0. The molecule has 1 nitrogen and oxygen atoms in total. The first-order chi connectivity index (χ1) is 15.3. The quantitative estimate of drug-likeness (QED) is 0.209. The Balaban J connectivity index is 1.86. The van der Waals surface area contributed by atoms with Crippen LogP contribution in [0.2, 0.25) is 5.02 Å². The molecule has 31 heavy (non-hydrogen) atoms. The van der Waals surface area contributed by atoms with E-state index < -0.39 is 0 Å². The summed E-state index contributed by atoms with van der Waals surface area (Å²) >= 11 is 6.92. The normalized spacial score (nSPS) is 11.5. The number of hydrogen-bond acceptors (Lipinski definition) is 1. The van der Waals surface area contributed by atoms with E-state index in [-0.39, 0.29) is 0 Å². The molecule has 0 saturated heterocycles. The van der Waals surface area contributed by atoms with Crippen molar-refractivity contribution in [3.8, 4) is 0 Å². The molecule has 2 aromatic rings. The summed E-state index contributed by atoms with van der Waals surface area (Å²) in [6.45, 7) is 4.57. The van der Waals surface area contributed by atoms with Gasteiger partial charge in [0, 0.05) is 11.1 Å². The molecule has 1 aromatic heterocycles. The molecule has 1 aromatic carbocycles. The van der Waals surface area contributed by atoms with Gasteiger partial charge in [-0.05, 0) is 37.3 Å². The third kappa shape index (κ3) is 9.94. The second-order valence-corrected chi connectivity index (χ2v) is 9.70. The van der Waals surface area contributed by atoms with Crippen molar-refractivity contribution >= 4 is 22.5 Å². The first-order valence-electron chi connectivity index (χ1n) is 13.3. The van der Waals surface area contributed by atoms with Crippen LogP contribution >= 0.6 is 11.6 Å². The third-order valence-corrected chi connectivity index (χ3v) is 6.99. The molecule has 0 aliphatic heterocycles. The van der Waals surface area contributed by atoms with Gasteiger partial charge in [0.1, 0.15) is 0 Å². The molecule has 0 aliphatic carbocycles. The van der Waals surface area contributed by atoms with Gasteiger partial charge in [0.05, 0.1) is 10.5 Å². The highest BCUT2D eigenvalue weighted by Gasteiger charge is 2.13. The molecular formula is C29H46ClN. The fourth-order valence-corrected chi connectivity index (χ4v) is 4.95. The van der Waals surface area contributed by atoms with Crippen molar-refractivity contribution in [2.75, 3.05) is 0 Å². The highest BCUT2D eigenvalue weighted by molar-refractivity contribution is 6.36. The van der Waals surface area contributed by atoms with Crippen LogP contribution in [0.25, 0.3) is 10.9 Å². The zero-order valence-electron chi connectivity index (χ0n) is 20.4. The zero-order valence-corrected chi connectivity index (χ0v) is 21.1. The van der Waals surface area contributed by atoms with Crippen molar-refractivity contribution in [2.45, 2.75) is 129 Å². The smallest absolute Gasteiger partial charge is 0.0720 e. The van der Waals surface area contributed by atoms with Crippen molar-refractivity contribution in [1.82, 2.24) is 4.98 Å².